The smallest absolute Gasteiger partial charge is 0.341 e. The predicted molar refractivity (Wildman–Crippen MR) is 139 cm³/mol. The predicted octanol–water partition coefficient (Wildman–Crippen LogP) is -0.297. The number of aliphatic hydroxyl groups is 2. The molecule has 3 aromatic carbocycles. The Hall–Kier alpha value is -5.85. The zero-order valence-electron chi connectivity index (χ0n) is 22.2. The van der Waals surface area contributed by atoms with E-state index in [-0.39, 0.29) is 0 Å². The van der Waals surface area contributed by atoms with Crippen LogP contribution in [0.15, 0.2) is 24.3 Å². The summed E-state index contributed by atoms with van der Waals surface area (Å²) in [6.07, 6.45) is -10.2. The number of ether oxygens (including phenoxy) is 4. The van der Waals surface area contributed by atoms with Gasteiger partial charge in [-0.1, -0.05) is 0 Å². The fraction of sp³-hybridized carbons (Fsp3) is 0.222. The van der Waals surface area contributed by atoms with E-state index in [1.165, 1.54) is 0 Å². The minimum Gasteiger partial charge on any atom is -0.504 e. The molecule has 5 atom stereocenters. The van der Waals surface area contributed by atoms with E-state index < -0.39 is 135 Å². The first-order valence-corrected chi connectivity index (χ1v) is 12.5. The van der Waals surface area contributed by atoms with Crippen LogP contribution in [0.5, 0.6) is 51.7 Å². The van der Waals surface area contributed by atoms with Gasteiger partial charge in [0.2, 0.25) is 17.8 Å². The van der Waals surface area contributed by atoms with Crippen LogP contribution in [0, 0.1) is 0 Å². The van der Waals surface area contributed by atoms with Crippen molar-refractivity contribution in [3.63, 3.8) is 0 Å². The van der Waals surface area contributed by atoms with Crippen molar-refractivity contribution in [3.8, 4) is 62.9 Å². The van der Waals surface area contributed by atoms with Crippen LogP contribution in [0.25, 0.3) is 11.1 Å². The Balaban J connectivity index is 1.57. The fourth-order valence-electron chi connectivity index (χ4n) is 4.71. The van der Waals surface area contributed by atoms with E-state index in [0.29, 0.717) is 12.1 Å². The Kier molecular flexibility index (Phi) is 7.49. The molecule has 2 aliphatic rings. The van der Waals surface area contributed by atoms with Crippen molar-refractivity contribution in [3.05, 3.63) is 41.0 Å². The van der Waals surface area contributed by atoms with Gasteiger partial charge in [-0.05, 0) is 24.3 Å². The Morgan fingerprint density at radius 3 is 1.62 bits per heavy atom. The van der Waals surface area contributed by atoms with Crippen molar-refractivity contribution in [1.29, 1.82) is 0 Å². The second kappa shape index (κ2) is 11.0. The summed E-state index contributed by atoms with van der Waals surface area (Å²) in [4.78, 5) is 39.2. The zero-order chi connectivity index (χ0) is 33.1. The summed E-state index contributed by atoms with van der Waals surface area (Å²) < 4.78 is 20.8. The van der Waals surface area contributed by atoms with Crippen LogP contribution in [0.1, 0.15) is 31.1 Å². The number of fused-ring (bicyclic) bond motifs is 5. The highest BCUT2D eigenvalue weighted by Crippen LogP contribution is 2.53. The third kappa shape index (κ3) is 5.07. The van der Waals surface area contributed by atoms with E-state index in [2.05, 4.69) is 0 Å². The average molecular weight is 634 g/mol. The van der Waals surface area contributed by atoms with E-state index in [1.807, 2.05) is 0 Å². The largest absolute Gasteiger partial charge is 0.504 e. The molecular weight excluding hydrogens is 612 g/mol. The molecule has 1 fully saturated rings. The first-order chi connectivity index (χ1) is 21.1. The molecule has 2 aliphatic heterocycles. The van der Waals surface area contributed by atoms with Gasteiger partial charge in [0.15, 0.2) is 52.5 Å². The van der Waals surface area contributed by atoms with Crippen LogP contribution in [0.2, 0.25) is 0 Å². The number of hydrogen-bond acceptors (Lipinski definition) is 18. The van der Waals surface area contributed by atoms with Gasteiger partial charge >= 0.3 is 17.9 Å². The monoisotopic (exact) mass is 634 g/mol. The SMILES string of the molecule is O=C(OCC1OC2OC(=O)c3cc(O)c(O)c(O)c3-c3c(cc(O)c(O)c3O)C(=O)OC(C1O)C2O)c1cc(O)c(O)c(O)c1. The molecule has 5 unspecified atom stereocenters. The summed E-state index contributed by atoms with van der Waals surface area (Å²) in [6.45, 7) is -0.907. The topological polar surface area (TPSA) is 311 Å². The molecule has 0 aliphatic carbocycles. The molecule has 5 rings (SSSR count). The van der Waals surface area contributed by atoms with E-state index in [0.717, 1.165) is 12.1 Å². The standard InChI is InChI=1S/C27H22O18/c28-9-1-6(2-10(29)16(9)32)24(39)42-5-13-19(35)23-22(38)27(43-13)45-26(41)8-4-12(31)18(34)21(37)15(8)14-7(25(40)44-23)3-11(30)17(33)20(14)36/h1-4,13,19,22-23,27-38H,5H2. The zero-order valence-corrected chi connectivity index (χ0v) is 22.2. The molecule has 0 radical (unpaired) electrons. The summed E-state index contributed by atoms with van der Waals surface area (Å²) in [7, 11) is 0. The highest BCUT2D eigenvalue weighted by molar-refractivity contribution is 6.08. The molecule has 0 aromatic heterocycles. The number of rotatable bonds is 3. The van der Waals surface area contributed by atoms with Gasteiger partial charge in [0.05, 0.1) is 16.7 Å². The lowest BCUT2D eigenvalue weighted by atomic mass is 9.92. The van der Waals surface area contributed by atoms with Crippen LogP contribution in [0.4, 0.5) is 0 Å². The second-order valence-electron chi connectivity index (χ2n) is 9.79. The number of phenolic OH excluding ortho intramolecular Hbond substituents is 9. The molecule has 18 heteroatoms. The Bertz CT molecular complexity index is 1730. The highest BCUT2D eigenvalue weighted by Gasteiger charge is 2.50. The van der Waals surface area contributed by atoms with E-state index in [1.54, 1.807) is 0 Å². The number of carbonyl (C=O) groups is 3. The number of benzene rings is 3. The summed E-state index contributed by atoms with van der Waals surface area (Å²) in [5, 5.41) is 112. The first kappa shape index (κ1) is 30.6. The van der Waals surface area contributed by atoms with Gasteiger partial charge in [0.25, 0.3) is 0 Å². The third-order valence-corrected chi connectivity index (χ3v) is 6.99. The van der Waals surface area contributed by atoms with E-state index in [9.17, 15) is 70.6 Å². The average Bonchev–Trinajstić information content (AvgIpc) is 3.00. The van der Waals surface area contributed by atoms with Gasteiger partial charge in [0, 0.05) is 11.1 Å². The normalized spacial score (nSPS) is 22.7. The lowest BCUT2D eigenvalue weighted by Gasteiger charge is -2.41. The quantitative estimate of drug-likeness (QED) is 0.100. The summed E-state index contributed by atoms with van der Waals surface area (Å²) in [6, 6.07) is 2.54. The molecule has 1 saturated heterocycles. The van der Waals surface area contributed by atoms with Gasteiger partial charge in [-0.3, -0.25) is 0 Å². The molecule has 0 amide bonds. The van der Waals surface area contributed by atoms with Crippen molar-refractivity contribution >= 4 is 17.9 Å². The third-order valence-electron chi connectivity index (χ3n) is 6.99. The van der Waals surface area contributed by atoms with Crippen LogP contribution in [-0.4, -0.2) is 111 Å². The van der Waals surface area contributed by atoms with Gasteiger partial charge in [-0.2, -0.15) is 0 Å². The number of esters is 3. The maximum absolute atomic E-state index is 13.4. The molecule has 11 N–H and O–H groups in total. The van der Waals surface area contributed by atoms with Crippen molar-refractivity contribution in [2.75, 3.05) is 6.61 Å². The molecule has 0 saturated carbocycles. The number of phenols is 9. The summed E-state index contributed by atoms with van der Waals surface area (Å²) >= 11 is 0. The molecule has 2 heterocycles. The maximum Gasteiger partial charge on any atom is 0.341 e. The van der Waals surface area contributed by atoms with Gasteiger partial charge in [0.1, 0.15) is 18.8 Å². The molecule has 238 valence electrons. The van der Waals surface area contributed by atoms with Crippen LogP contribution in [-0.2, 0) is 18.9 Å². The van der Waals surface area contributed by atoms with Crippen molar-refractivity contribution in [1.82, 2.24) is 0 Å². The molecule has 45 heavy (non-hydrogen) atoms. The number of aromatic hydroxyl groups is 9. The fourth-order valence-corrected chi connectivity index (χ4v) is 4.71. The summed E-state index contributed by atoms with van der Waals surface area (Å²) in [5.41, 5.74) is -4.07. The van der Waals surface area contributed by atoms with Crippen LogP contribution < -0.4 is 0 Å². The first-order valence-electron chi connectivity index (χ1n) is 12.5. The number of aliphatic hydroxyl groups excluding tert-OH is 2. The van der Waals surface area contributed by atoms with Crippen molar-refractivity contribution in [2.24, 2.45) is 0 Å². The van der Waals surface area contributed by atoms with Crippen molar-refractivity contribution in [2.45, 2.75) is 30.7 Å². The van der Waals surface area contributed by atoms with Crippen LogP contribution in [0.3, 0.4) is 0 Å². The maximum atomic E-state index is 13.4. The lowest BCUT2D eigenvalue weighted by Crippen LogP contribution is -2.61. The molecular formula is C27H22O18. The second-order valence-corrected chi connectivity index (χ2v) is 9.79. The van der Waals surface area contributed by atoms with E-state index in [4.69, 9.17) is 18.9 Å². The van der Waals surface area contributed by atoms with Gasteiger partial charge in [-0.15, -0.1) is 0 Å². The highest BCUT2D eigenvalue weighted by atomic mass is 16.7. The number of hydrogen-bond donors (Lipinski definition) is 11. The molecule has 0 spiro atoms. The van der Waals surface area contributed by atoms with Crippen LogP contribution >= 0.6 is 0 Å². The lowest BCUT2D eigenvalue weighted by molar-refractivity contribution is -0.284. The Morgan fingerprint density at radius 2 is 1.11 bits per heavy atom. The number of carbonyl (C=O) groups excluding carboxylic acids is 3. The summed E-state index contributed by atoms with van der Waals surface area (Å²) in [5.74, 6) is -14.3. The molecule has 2 bridgehead atoms. The molecule has 3 aromatic rings. The van der Waals surface area contributed by atoms with Gasteiger partial charge in [-0.25, -0.2) is 14.4 Å². The van der Waals surface area contributed by atoms with Gasteiger partial charge < -0.3 is 75.1 Å². The minimum atomic E-state index is -2.17. The Morgan fingerprint density at radius 1 is 0.644 bits per heavy atom. The van der Waals surface area contributed by atoms with E-state index >= 15 is 0 Å². The van der Waals surface area contributed by atoms with Crippen molar-refractivity contribution < 1.29 is 89.5 Å². The Labute approximate surface area is 248 Å². The minimum absolute atomic E-state index is 0.469. The molecule has 18 nitrogen and oxygen atoms in total.